The van der Waals surface area contributed by atoms with E-state index in [-0.39, 0.29) is 5.41 Å². The zero-order valence-corrected chi connectivity index (χ0v) is 11.7. The SMILES string of the molecule is CC1=C(C)C(C)(C)[C]([W][N]=O)=C1C. The third-order valence-electron chi connectivity index (χ3n) is 3.10. The Kier molecular flexibility index (Phi) is 2.91. The van der Waals surface area contributed by atoms with Gasteiger partial charge in [-0.05, 0) is 0 Å². The molecule has 0 aliphatic heterocycles. The summed E-state index contributed by atoms with van der Waals surface area (Å²) in [6.07, 6.45) is 0. The maximum absolute atomic E-state index is 10.4. The molecule has 1 aliphatic rings. The van der Waals surface area contributed by atoms with Crippen LogP contribution in [0.25, 0.3) is 0 Å². The summed E-state index contributed by atoms with van der Waals surface area (Å²) in [6.45, 7) is 10.8. The van der Waals surface area contributed by atoms with E-state index in [0.29, 0.717) is 0 Å². The molecule has 1 rings (SSSR count). The number of nitrogens with zero attached hydrogens (tertiary/aromatic N) is 1. The van der Waals surface area contributed by atoms with Crippen LogP contribution in [0.5, 0.6) is 0 Å². The van der Waals surface area contributed by atoms with E-state index in [4.69, 9.17) is 0 Å². The van der Waals surface area contributed by atoms with Crippen molar-refractivity contribution in [2.24, 2.45) is 9.15 Å². The molecule has 0 aromatic carbocycles. The molecule has 0 bridgehead atoms. The van der Waals surface area contributed by atoms with E-state index in [1.54, 1.807) is 0 Å². The molecule has 0 aromatic rings. The van der Waals surface area contributed by atoms with Crippen LogP contribution in [0.4, 0.5) is 0 Å². The summed E-state index contributed by atoms with van der Waals surface area (Å²) < 4.78 is 4.51. The predicted molar refractivity (Wildman–Crippen MR) is 50.7 cm³/mol. The van der Waals surface area contributed by atoms with Crippen LogP contribution in [0, 0.1) is 10.3 Å². The van der Waals surface area contributed by atoms with Gasteiger partial charge in [0.05, 0.1) is 0 Å². The fourth-order valence-corrected chi connectivity index (χ4v) is 4.46. The quantitative estimate of drug-likeness (QED) is 0.703. The fourth-order valence-electron chi connectivity index (χ4n) is 1.78. The molecular formula is C10H15NOW. The Morgan fingerprint density at radius 1 is 1.15 bits per heavy atom. The van der Waals surface area contributed by atoms with Gasteiger partial charge in [0.25, 0.3) is 0 Å². The molecule has 72 valence electrons. The van der Waals surface area contributed by atoms with Crippen LogP contribution in [0.1, 0.15) is 34.6 Å². The predicted octanol–water partition coefficient (Wildman–Crippen LogP) is 3.40. The third kappa shape index (κ3) is 1.57. The number of allylic oxidation sites excluding steroid dienone is 4. The zero-order valence-electron chi connectivity index (χ0n) is 8.76. The minimum absolute atomic E-state index is 0.104. The summed E-state index contributed by atoms with van der Waals surface area (Å²) in [5.41, 5.74) is 4.20. The van der Waals surface area contributed by atoms with Gasteiger partial charge in [0.1, 0.15) is 0 Å². The van der Waals surface area contributed by atoms with Crippen molar-refractivity contribution in [2.45, 2.75) is 34.6 Å². The monoisotopic (exact) mass is 349 g/mol. The number of hydrogen-bond donors (Lipinski definition) is 0. The van der Waals surface area contributed by atoms with Crippen molar-refractivity contribution in [3.05, 3.63) is 25.6 Å². The summed E-state index contributed by atoms with van der Waals surface area (Å²) in [5.74, 6) is 0. The van der Waals surface area contributed by atoms with Crippen LogP contribution in [0.15, 0.2) is 24.4 Å². The van der Waals surface area contributed by atoms with Gasteiger partial charge in [-0.2, -0.15) is 0 Å². The molecular weight excluding hydrogens is 334 g/mol. The van der Waals surface area contributed by atoms with Crippen molar-refractivity contribution in [3.63, 3.8) is 0 Å². The maximum atomic E-state index is 10.4. The van der Waals surface area contributed by atoms with Gasteiger partial charge in [-0.15, -0.1) is 0 Å². The van der Waals surface area contributed by atoms with Gasteiger partial charge in [0, 0.05) is 0 Å². The molecule has 0 aromatic heterocycles. The second-order valence-corrected chi connectivity index (χ2v) is 6.65. The molecule has 0 amide bonds. The minimum atomic E-state index is -1.16. The number of hydrogen-bond acceptors (Lipinski definition) is 2. The Balaban J connectivity index is 3.19. The Bertz CT molecular complexity index is 313. The molecule has 0 fully saturated rings. The molecule has 0 atom stereocenters. The topological polar surface area (TPSA) is 29.4 Å². The van der Waals surface area contributed by atoms with E-state index in [1.807, 2.05) is 0 Å². The van der Waals surface area contributed by atoms with Crippen LogP contribution in [-0.2, 0) is 18.8 Å². The molecule has 0 N–H and O–H groups in total. The molecule has 13 heavy (non-hydrogen) atoms. The zero-order chi connectivity index (χ0) is 10.2. The van der Waals surface area contributed by atoms with Crippen molar-refractivity contribution in [1.29, 1.82) is 0 Å². The van der Waals surface area contributed by atoms with E-state index in [1.165, 1.54) is 20.7 Å². The molecule has 0 spiro atoms. The summed E-state index contributed by atoms with van der Waals surface area (Å²) in [4.78, 5) is 10.4. The Morgan fingerprint density at radius 3 is 2.00 bits per heavy atom. The Morgan fingerprint density at radius 2 is 1.69 bits per heavy atom. The van der Waals surface area contributed by atoms with Crippen LogP contribution in [0.2, 0.25) is 0 Å². The molecule has 0 saturated heterocycles. The van der Waals surface area contributed by atoms with Crippen molar-refractivity contribution < 1.29 is 18.8 Å². The summed E-state index contributed by atoms with van der Waals surface area (Å²) in [6, 6.07) is 0. The van der Waals surface area contributed by atoms with Crippen molar-refractivity contribution in [1.82, 2.24) is 0 Å². The molecule has 0 unspecified atom stereocenters. The van der Waals surface area contributed by atoms with Gasteiger partial charge in [0.15, 0.2) is 0 Å². The second-order valence-electron chi connectivity index (χ2n) is 3.99. The molecule has 1 aliphatic carbocycles. The van der Waals surface area contributed by atoms with E-state index >= 15 is 0 Å². The average molecular weight is 349 g/mol. The van der Waals surface area contributed by atoms with Gasteiger partial charge in [0.2, 0.25) is 0 Å². The fraction of sp³-hybridized carbons (Fsp3) is 0.600. The summed E-state index contributed by atoms with van der Waals surface area (Å²) >= 11 is -1.16. The Labute approximate surface area is 88.3 Å². The van der Waals surface area contributed by atoms with Crippen LogP contribution < -0.4 is 0 Å². The first kappa shape index (κ1) is 10.8. The van der Waals surface area contributed by atoms with E-state index in [9.17, 15) is 4.91 Å². The third-order valence-corrected chi connectivity index (χ3v) is 6.96. The van der Waals surface area contributed by atoms with Gasteiger partial charge in [-0.3, -0.25) is 0 Å². The van der Waals surface area contributed by atoms with Gasteiger partial charge < -0.3 is 0 Å². The second kappa shape index (κ2) is 3.49. The molecule has 0 heterocycles. The van der Waals surface area contributed by atoms with Crippen molar-refractivity contribution in [3.8, 4) is 0 Å². The summed E-state index contributed by atoms with van der Waals surface area (Å²) in [7, 11) is 0. The first-order valence-electron chi connectivity index (χ1n) is 4.32. The standard InChI is InChI=1S/C10H15.NO.W/c1-7-6-10(4,5)9(3)8(7)2;1-2;/h1-5H3;;/q;-1;+1. The van der Waals surface area contributed by atoms with Crippen LogP contribution in [-0.4, -0.2) is 0 Å². The van der Waals surface area contributed by atoms with Gasteiger partial charge >= 0.3 is 88.2 Å². The Hall–Kier alpha value is -0.232. The van der Waals surface area contributed by atoms with E-state index in [2.05, 4.69) is 38.4 Å². The summed E-state index contributed by atoms with van der Waals surface area (Å²) in [5, 5.41) is 0. The van der Waals surface area contributed by atoms with Crippen LogP contribution in [0.3, 0.4) is 0 Å². The molecule has 0 radical (unpaired) electrons. The van der Waals surface area contributed by atoms with Crippen molar-refractivity contribution in [2.75, 3.05) is 0 Å². The van der Waals surface area contributed by atoms with E-state index < -0.39 is 18.8 Å². The molecule has 3 heteroatoms. The average Bonchev–Trinajstić information content (AvgIpc) is 2.20. The first-order chi connectivity index (χ1) is 5.92. The van der Waals surface area contributed by atoms with Crippen molar-refractivity contribution >= 4 is 0 Å². The first-order valence-corrected chi connectivity index (χ1v) is 7.10. The molecule has 2 nitrogen and oxygen atoms in total. The van der Waals surface area contributed by atoms with E-state index in [0.717, 1.165) is 0 Å². The number of nitroso groups, excluding NO2 is 1. The molecule has 0 saturated carbocycles. The van der Waals surface area contributed by atoms with Gasteiger partial charge in [-0.1, -0.05) is 0 Å². The normalized spacial score (nSPS) is 21.3. The van der Waals surface area contributed by atoms with Crippen LogP contribution >= 0.6 is 0 Å². The number of rotatable bonds is 2. The van der Waals surface area contributed by atoms with Gasteiger partial charge in [-0.25, -0.2) is 0 Å².